The van der Waals surface area contributed by atoms with Crippen LogP contribution < -0.4 is 10.2 Å². The number of nitrogens with one attached hydrogen (secondary N) is 1. The molecule has 1 aliphatic heterocycles. The quantitative estimate of drug-likeness (QED) is 0.327. The molecule has 0 spiro atoms. The number of anilines is 2. The second-order valence-electron chi connectivity index (χ2n) is 7.00. The van der Waals surface area contributed by atoms with Gasteiger partial charge in [-0.05, 0) is 48.0 Å². The first-order valence-electron chi connectivity index (χ1n) is 9.52. The predicted octanol–water partition coefficient (Wildman–Crippen LogP) is 4.27. The highest BCUT2D eigenvalue weighted by molar-refractivity contribution is 7.15. The second kappa shape index (κ2) is 9.25. The summed E-state index contributed by atoms with van der Waals surface area (Å²) in [5, 5.41) is 23.1. The van der Waals surface area contributed by atoms with E-state index in [1.165, 1.54) is 29.5 Å². The molecule has 4 rings (SSSR count). The third kappa shape index (κ3) is 4.98. The smallest absolute Gasteiger partial charge is 0.269 e. The topological polar surface area (TPSA) is 118 Å². The van der Waals surface area contributed by atoms with Crippen molar-refractivity contribution < 1.29 is 14.5 Å². The summed E-state index contributed by atoms with van der Waals surface area (Å²) in [7, 11) is 0. The van der Waals surface area contributed by atoms with Crippen LogP contribution >= 0.6 is 22.9 Å². The van der Waals surface area contributed by atoms with Gasteiger partial charge < -0.3 is 4.90 Å². The molecule has 32 heavy (non-hydrogen) atoms. The largest absolute Gasteiger partial charge is 0.312 e. The van der Waals surface area contributed by atoms with Crippen molar-refractivity contribution in [1.82, 2.24) is 10.2 Å². The minimum atomic E-state index is -0.486. The number of non-ortho nitro benzene ring substituents is 1. The van der Waals surface area contributed by atoms with Gasteiger partial charge in [-0.25, -0.2) is 0 Å². The van der Waals surface area contributed by atoms with Gasteiger partial charge in [0.2, 0.25) is 16.9 Å². The minimum Gasteiger partial charge on any atom is -0.312 e. The van der Waals surface area contributed by atoms with E-state index in [1.54, 1.807) is 47.4 Å². The molecule has 1 aliphatic rings. The summed E-state index contributed by atoms with van der Waals surface area (Å²) in [5.41, 5.74) is 1.40. The Morgan fingerprint density at radius 3 is 2.59 bits per heavy atom. The summed E-state index contributed by atoms with van der Waals surface area (Å²) in [5.74, 6) is -0.530. The van der Waals surface area contributed by atoms with Crippen LogP contribution in [0.5, 0.6) is 0 Å². The average Bonchev–Trinajstić information content (AvgIpc) is 3.39. The zero-order valence-electron chi connectivity index (χ0n) is 16.5. The van der Waals surface area contributed by atoms with E-state index < -0.39 is 10.8 Å². The van der Waals surface area contributed by atoms with E-state index in [4.69, 9.17) is 11.6 Å². The van der Waals surface area contributed by atoms with Gasteiger partial charge in [-0.1, -0.05) is 22.9 Å². The van der Waals surface area contributed by atoms with Gasteiger partial charge in [-0.15, -0.1) is 10.2 Å². The molecule has 2 aromatic carbocycles. The Labute approximate surface area is 191 Å². The number of halogens is 1. The first-order valence-corrected chi connectivity index (χ1v) is 10.7. The molecule has 1 N–H and O–H groups in total. The lowest BCUT2D eigenvalue weighted by Gasteiger charge is -2.16. The van der Waals surface area contributed by atoms with Crippen molar-refractivity contribution in [3.63, 3.8) is 0 Å². The number of benzene rings is 2. The summed E-state index contributed by atoms with van der Waals surface area (Å²) in [6.45, 7) is 0.475. The Kier molecular flexibility index (Phi) is 6.24. The summed E-state index contributed by atoms with van der Waals surface area (Å²) in [4.78, 5) is 36.5. The molecule has 9 nitrogen and oxygen atoms in total. The zero-order chi connectivity index (χ0) is 22.7. The molecule has 0 aliphatic carbocycles. The van der Waals surface area contributed by atoms with Crippen LogP contribution in [0.2, 0.25) is 5.02 Å². The molecule has 2 heterocycles. The molecular weight excluding hydrogens is 454 g/mol. The molecule has 1 fully saturated rings. The van der Waals surface area contributed by atoms with E-state index in [0.717, 1.165) is 5.69 Å². The average molecular weight is 470 g/mol. The molecule has 1 unspecified atom stereocenters. The van der Waals surface area contributed by atoms with Gasteiger partial charge in [0.25, 0.3) is 5.69 Å². The molecule has 0 radical (unpaired) electrons. The van der Waals surface area contributed by atoms with Crippen molar-refractivity contribution in [3.05, 3.63) is 80.3 Å². The number of nitro groups is 1. The van der Waals surface area contributed by atoms with Gasteiger partial charge in [0.05, 0.1) is 4.92 Å². The van der Waals surface area contributed by atoms with Gasteiger partial charge in [0.1, 0.15) is 5.01 Å². The van der Waals surface area contributed by atoms with Crippen molar-refractivity contribution in [3.8, 4) is 0 Å². The van der Waals surface area contributed by atoms with Crippen LogP contribution in [0, 0.1) is 10.1 Å². The fourth-order valence-corrected chi connectivity index (χ4v) is 4.18. The van der Waals surface area contributed by atoms with Crippen LogP contribution in [0.4, 0.5) is 16.5 Å². The summed E-state index contributed by atoms with van der Waals surface area (Å²) < 4.78 is 0. The minimum absolute atomic E-state index is 0.0101. The molecule has 0 bridgehead atoms. The van der Waals surface area contributed by atoms with Gasteiger partial charge in [-0.3, -0.25) is 25.0 Å². The number of aromatic nitrogens is 2. The highest BCUT2D eigenvalue weighted by Gasteiger charge is 2.33. The van der Waals surface area contributed by atoms with Gasteiger partial charge in [0.15, 0.2) is 0 Å². The number of carbonyl (C=O) groups excluding carboxylic acids is 2. The molecule has 1 atom stereocenters. The van der Waals surface area contributed by atoms with Crippen molar-refractivity contribution in [2.75, 3.05) is 16.8 Å². The van der Waals surface area contributed by atoms with Crippen molar-refractivity contribution in [2.24, 2.45) is 0 Å². The van der Waals surface area contributed by atoms with Crippen LogP contribution in [0.15, 0.2) is 54.6 Å². The second-order valence-corrected chi connectivity index (χ2v) is 8.44. The number of rotatable bonds is 6. The molecular formula is C21H16ClN5O4S. The number of hydrogen-bond donors (Lipinski definition) is 1. The van der Waals surface area contributed by atoms with Crippen molar-refractivity contribution in [2.45, 2.75) is 12.3 Å². The predicted molar refractivity (Wildman–Crippen MR) is 122 cm³/mol. The number of nitro benzene ring substituents is 1. The lowest BCUT2D eigenvalue weighted by atomic mass is 10.1. The molecule has 3 aromatic rings. The normalized spacial score (nSPS) is 16.0. The van der Waals surface area contributed by atoms with Gasteiger partial charge in [-0.2, -0.15) is 0 Å². The van der Waals surface area contributed by atoms with E-state index in [1.807, 2.05) is 0 Å². The highest BCUT2D eigenvalue weighted by atomic mass is 35.5. The molecule has 1 aromatic heterocycles. The number of amides is 2. The maximum atomic E-state index is 12.4. The highest BCUT2D eigenvalue weighted by Crippen LogP contribution is 2.34. The number of hydrogen-bond acceptors (Lipinski definition) is 7. The lowest BCUT2D eigenvalue weighted by molar-refractivity contribution is -0.384. The monoisotopic (exact) mass is 469 g/mol. The standard InChI is InChI=1S/C21H16ClN5O4S/c22-15-4-8-16(9-5-15)26-12-14(11-19(26)29)20-24-25-21(32-20)23-18(28)10-3-13-1-6-17(7-2-13)27(30)31/h1-10,14H,11-12H2,(H,23,25,28)/b10-3+. The Morgan fingerprint density at radius 2 is 1.91 bits per heavy atom. The number of nitrogens with zero attached hydrogens (tertiary/aromatic N) is 4. The molecule has 0 saturated carbocycles. The van der Waals surface area contributed by atoms with Crippen molar-refractivity contribution >= 4 is 57.3 Å². The number of carbonyl (C=O) groups is 2. The van der Waals surface area contributed by atoms with Crippen LogP contribution in [0.1, 0.15) is 22.9 Å². The fraction of sp³-hybridized carbons (Fsp3) is 0.143. The molecule has 162 valence electrons. The SMILES string of the molecule is O=C(/C=C/c1ccc([N+](=O)[O-])cc1)Nc1nnc(C2CC(=O)N(c3ccc(Cl)cc3)C2)s1. The van der Waals surface area contributed by atoms with E-state index in [-0.39, 0.29) is 17.5 Å². The maximum absolute atomic E-state index is 12.4. The third-order valence-corrected chi connectivity index (χ3v) is 6.07. The van der Waals surface area contributed by atoms with Crippen LogP contribution in [0.3, 0.4) is 0 Å². The van der Waals surface area contributed by atoms with Gasteiger partial charge >= 0.3 is 0 Å². The zero-order valence-corrected chi connectivity index (χ0v) is 18.0. The van der Waals surface area contributed by atoms with E-state index in [9.17, 15) is 19.7 Å². The van der Waals surface area contributed by atoms with E-state index in [0.29, 0.717) is 33.7 Å². The van der Waals surface area contributed by atoms with Crippen LogP contribution in [-0.4, -0.2) is 33.5 Å². The van der Waals surface area contributed by atoms with Crippen molar-refractivity contribution in [1.29, 1.82) is 0 Å². The van der Waals surface area contributed by atoms with E-state index >= 15 is 0 Å². The Balaban J connectivity index is 1.36. The van der Waals surface area contributed by atoms with Crippen LogP contribution in [0.25, 0.3) is 6.08 Å². The maximum Gasteiger partial charge on any atom is 0.269 e. The van der Waals surface area contributed by atoms with Crippen LogP contribution in [-0.2, 0) is 9.59 Å². The van der Waals surface area contributed by atoms with E-state index in [2.05, 4.69) is 15.5 Å². The fourth-order valence-electron chi connectivity index (χ4n) is 3.22. The first kappa shape index (κ1) is 21.6. The molecule has 2 amide bonds. The molecule has 11 heteroatoms. The lowest BCUT2D eigenvalue weighted by Crippen LogP contribution is -2.24. The Bertz CT molecular complexity index is 1190. The first-order chi connectivity index (χ1) is 15.4. The Hall–Kier alpha value is -3.63. The summed E-state index contributed by atoms with van der Waals surface area (Å²) in [6.07, 6.45) is 3.16. The summed E-state index contributed by atoms with van der Waals surface area (Å²) in [6, 6.07) is 12.9. The summed E-state index contributed by atoms with van der Waals surface area (Å²) >= 11 is 7.14. The Morgan fingerprint density at radius 1 is 1.19 bits per heavy atom. The molecule has 1 saturated heterocycles. The third-order valence-electron chi connectivity index (χ3n) is 4.81. The van der Waals surface area contributed by atoms with Gasteiger partial charge in [0, 0.05) is 47.8 Å².